The first-order valence-corrected chi connectivity index (χ1v) is 11.2. The maximum Gasteiger partial charge on any atom is 0.257 e. The second-order valence-corrected chi connectivity index (χ2v) is 8.29. The number of amides is 1. The topological polar surface area (TPSA) is 89.1 Å². The molecule has 0 bridgehead atoms. The molecule has 30 heavy (non-hydrogen) atoms. The van der Waals surface area contributed by atoms with Crippen molar-refractivity contribution in [2.75, 3.05) is 12.4 Å². The summed E-state index contributed by atoms with van der Waals surface area (Å²) in [5.41, 5.74) is 4.16. The van der Waals surface area contributed by atoms with Crippen molar-refractivity contribution in [3.8, 4) is 11.5 Å². The van der Waals surface area contributed by atoms with Crippen LogP contribution in [0, 0.1) is 5.92 Å². The summed E-state index contributed by atoms with van der Waals surface area (Å²) in [4.78, 5) is 16.9. The van der Waals surface area contributed by atoms with Crippen LogP contribution in [0.5, 0.6) is 11.5 Å². The van der Waals surface area contributed by atoms with Crippen molar-refractivity contribution < 1.29 is 14.3 Å². The van der Waals surface area contributed by atoms with Gasteiger partial charge in [-0.3, -0.25) is 9.89 Å². The minimum absolute atomic E-state index is 0.241. The fraction of sp³-hybridized carbons (Fsp3) is 0.409. The second kappa shape index (κ2) is 9.75. The Bertz CT molecular complexity index is 965. The van der Waals surface area contributed by atoms with Gasteiger partial charge in [0.1, 0.15) is 6.61 Å². The molecule has 0 atom stereocenters. The Hall–Kier alpha value is -2.87. The van der Waals surface area contributed by atoms with Crippen LogP contribution in [0.2, 0.25) is 0 Å². The molecular weight excluding hydrogens is 400 g/mol. The summed E-state index contributed by atoms with van der Waals surface area (Å²) in [6.07, 6.45) is 7.51. The van der Waals surface area contributed by atoms with E-state index in [9.17, 15) is 4.79 Å². The first-order chi connectivity index (χ1) is 14.7. The fourth-order valence-corrected chi connectivity index (χ4v) is 4.35. The monoisotopic (exact) mass is 426 g/mol. The molecule has 0 unspecified atom stereocenters. The van der Waals surface area contributed by atoms with Crippen LogP contribution < -0.4 is 14.8 Å². The molecule has 1 aliphatic carbocycles. The van der Waals surface area contributed by atoms with E-state index in [1.807, 2.05) is 11.4 Å². The summed E-state index contributed by atoms with van der Waals surface area (Å²) in [5.74, 6) is 2.07. The number of carbonyl (C=O) groups is 1. The number of thiazole rings is 1. The molecule has 0 aliphatic heterocycles. The lowest BCUT2D eigenvalue weighted by Gasteiger charge is -2.20. The highest BCUT2D eigenvalue weighted by Gasteiger charge is 2.17. The van der Waals surface area contributed by atoms with Crippen molar-refractivity contribution in [3.05, 3.63) is 52.1 Å². The number of carbonyl (C=O) groups excluding carboxylic acids is 1. The van der Waals surface area contributed by atoms with Crippen LogP contribution in [-0.2, 0) is 13.0 Å². The third-order valence-corrected chi connectivity index (χ3v) is 6.03. The smallest absolute Gasteiger partial charge is 0.257 e. The summed E-state index contributed by atoms with van der Waals surface area (Å²) in [5, 5.41) is 12.1. The van der Waals surface area contributed by atoms with Gasteiger partial charge in [0.15, 0.2) is 17.3 Å². The molecule has 158 valence electrons. The number of anilines is 1. The van der Waals surface area contributed by atoms with Gasteiger partial charge in [-0.25, -0.2) is 4.98 Å². The van der Waals surface area contributed by atoms with Gasteiger partial charge >= 0.3 is 0 Å². The molecule has 1 aromatic carbocycles. The number of hydrogen-bond donors (Lipinski definition) is 2. The van der Waals surface area contributed by atoms with Crippen LogP contribution in [0.25, 0.3) is 0 Å². The molecule has 0 radical (unpaired) electrons. The van der Waals surface area contributed by atoms with E-state index in [0.29, 0.717) is 35.4 Å². The van der Waals surface area contributed by atoms with E-state index in [1.54, 1.807) is 30.8 Å². The minimum Gasteiger partial charge on any atom is -0.493 e. The number of aromatic amines is 1. The summed E-state index contributed by atoms with van der Waals surface area (Å²) in [6, 6.07) is 7.04. The van der Waals surface area contributed by atoms with Crippen molar-refractivity contribution in [2.24, 2.45) is 5.92 Å². The molecule has 2 N–H and O–H groups in total. The van der Waals surface area contributed by atoms with Crippen LogP contribution >= 0.6 is 11.3 Å². The van der Waals surface area contributed by atoms with Gasteiger partial charge in [0.05, 0.1) is 18.3 Å². The van der Waals surface area contributed by atoms with E-state index >= 15 is 0 Å². The summed E-state index contributed by atoms with van der Waals surface area (Å²) < 4.78 is 11.2. The Kier molecular flexibility index (Phi) is 6.63. The van der Waals surface area contributed by atoms with E-state index in [4.69, 9.17) is 9.47 Å². The Morgan fingerprint density at radius 1 is 1.23 bits per heavy atom. The predicted molar refractivity (Wildman–Crippen MR) is 116 cm³/mol. The Morgan fingerprint density at radius 3 is 2.87 bits per heavy atom. The van der Waals surface area contributed by atoms with E-state index < -0.39 is 0 Å². The molecular formula is C22H26N4O3S. The number of H-pyrrole nitrogens is 1. The maximum absolute atomic E-state index is 12.7. The van der Waals surface area contributed by atoms with Crippen LogP contribution in [0.3, 0.4) is 0 Å². The van der Waals surface area contributed by atoms with Crippen molar-refractivity contribution in [2.45, 2.75) is 45.1 Å². The highest BCUT2D eigenvalue weighted by molar-refractivity contribution is 7.07. The fourth-order valence-electron chi connectivity index (χ4n) is 3.81. The highest BCUT2D eigenvalue weighted by Crippen LogP contribution is 2.30. The maximum atomic E-state index is 12.7. The lowest BCUT2D eigenvalue weighted by Crippen LogP contribution is -2.12. The van der Waals surface area contributed by atoms with Crippen molar-refractivity contribution in [3.63, 3.8) is 0 Å². The van der Waals surface area contributed by atoms with Crippen LogP contribution in [0.15, 0.2) is 35.2 Å². The van der Waals surface area contributed by atoms with Crippen LogP contribution in [0.1, 0.15) is 53.8 Å². The Morgan fingerprint density at radius 2 is 2.10 bits per heavy atom. The van der Waals surface area contributed by atoms with E-state index in [1.165, 1.54) is 43.4 Å². The molecule has 1 amide bonds. The van der Waals surface area contributed by atoms with Crippen molar-refractivity contribution in [1.82, 2.24) is 15.2 Å². The quantitative estimate of drug-likeness (QED) is 0.539. The van der Waals surface area contributed by atoms with Gasteiger partial charge in [-0.05, 0) is 30.5 Å². The second-order valence-electron chi connectivity index (χ2n) is 7.57. The molecule has 1 aliphatic rings. The molecule has 1 fully saturated rings. The van der Waals surface area contributed by atoms with E-state index in [-0.39, 0.29) is 5.91 Å². The molecule has 4 rings (SSSR count). The average molecular weight is 427 g/mol. The van der Waals surface area contributed by atoms with E-state index in [0.717, 1.165) is 17.8 Å². The van der Waals surface area contributed by atoms with Gasteiger partial charge in [-0.1, -0.05) is 32.1 Å². The third kappa shape index (κ3) is 5.18. The number of nitrogens with zero attached hydrogens (tertiary/aromatic N) is 2. The van der Waals surface area contributed by atoms with Gasteiger partial charge in [0, 0.05) is 22.7 Å². The first kappa shape index (κ1) is 20.4. The minimum atomic E-state index is -0.241. The summed E-state index contributed by atoms with van der Waals surface area (Å²) in [6.45, 7) is 0.350. The lowest BCUT2D eigenvalue weighted by atomic mass is 9.86. The molecule has 2 aromatic heterocycles. The number of methoxy groups -OCH3 is 1. The lowest BCUT2D eigenvalue weighted by molar-refractivity contribution is 0.102. The first-order valence-electron chi connectivity index (χ1n) is 10.2. The number of ether oxygens (including phenoxy) is 2. The Labute approximate surface area is 179 Å². The van der Waals surface area contributed by atoms with Crippen molar-refractivity contribution in [1.29, 1.82) is 0 Å². The van der Waals surface area contributed by atoms with Crippen LogP contribution in [0.4, 0.5) is 5.82 Å². The predicted octanol–water partition coefficient (Wildman–Crippen LogP) is 4.83. The molecule has 1 saturated carbocycles. The number of benzene rings is 1. The number of rotatable bonds is 8. The average Bonchev–Trinajstić information content (AvgIpc) is 3.45. The third-order valence-electron chi connectivity index (χ3n) is 5.39. The molecule has 8 heteroatoms. The largest absolute Gasteiger partial charge is 0.493 e. The summed E-state index contributed by atoms with van der Waals surface area (Å²) in [7, 11) is 1.55. The van der Waals surface area contributed by atoms with Crippen LogP contribution in [-0.4, -0.2) is 28.2 Å². The molecule has 3 aromatic rings. The Balaban J connectivity index is 1.37. The van der Waals surface area contributed by atoms with Gasteiger partial charge < -0.3 is 14.8 Å². The molecule has 2 heterocycles. The summed E-state index contributed by atoms with van der Waals surface area (Å²) >= 11 is 1.52. The van der Waals surface area contributed by atoms with Gasteiger partial charge in [0.2, 0.25) is 0 Å². The SMILES string of the molecule is COc1cc(C(=O)Nc2cc(CC3CCCCC3)[nH]n2)ccc1OCc1cscn1. The number of nitrogens with one attached hydrogen (secondary N) is 2. The van der Waals surface area contributed by atoms with Gasteiger partial charge in [-0.15, -0.1) is 11.3 Å². The van der Waals surface area contributed by atoms with Gasteiger partial charge in [-0.2, -0.15) is 5.10 Å². The number of aromatic nitrogens is 3. The highest BCUT2D eigenvalue weighted by atomic mass is 32.1. The number of hydrogen-bond acceptors (Lipinski definition) is 6. The zero-order valence-electron chi connectivity index (χ0n) is 17.0. The zero-order valence-corrected chi connectivity index (χ0v) is 17.8. The van der Waals surface area contributed by atoms with Gasteiger partial charge in [0.25, 0.3) is 5.91 Å². The van der Waals surface area contributed by atoms with E-state index in [2.05, 4.69) is 20.5 Å². The van der Waals surface area contributed by atoms with Crippen molar-refractivity contribution >= 4 is 23.1 Å². The molecule has 0 spiro atoms. The molecule has 0 saturated heterocycles. The standard InChI is InChI=1S/C22H26N4O3S/c1-28-20-10-16(7-8-19(20)29-12-18-13-30-14-23-18)22(27)24-21-11-17(25-26-21)9-15-5-3-2-4-6-15/h7-8,10-11,13-15H,2-6,9,12H2,1H3,(H2,24,25,26,27). The normalized spacial score (nSPS) is 14.4. The zero-order chi connectivity index (χ0) is 20.8. The molecule has 7 nitrogen and oxygen atoms in total.